The summed E-state index contributed by atoms with van der Waals surface area (Å²) < 4.78 is 2.19. The van der Waals surface area contributed by atoms with Crippen molar-refractivity contribution in [3.8, 4) is 0 Å². The summed E-state index contributed by atoms with van der Waals surface area (Å²) in [4.78, 5) is 4.36. The summed E-state index contributed by atoms with van der Waals surface area (Å²) in [5.74, 6) is 1.17. The van der Waals surface area contributed by atoms with Crippen LogP contribution in [0.1, 0.15) is 39.2 Å². The van der Waals surface area contributed by atoms with E-state index in [9.17, 15) is 0 Å². The number of hydrogen-bond acceptors (Lipinski definition) is 1. The van der Waals surface area contributed by atoms with Crippen LogP contribution < -0.4 is 0 Å². The van der Waals surface area contributed by atoms with Crippen molar-refractivity contribution in [3.05, 3.63) is 17.7 Å². The maximum Gasteiger partial charge on any atom is 0.108 e. The highest BCUT2D eigenvalue weighted by Crippen LogP contribution is 2.22. The van der Waals surface area contributed by atoms with Crippen LogP contribution in [0.5, 0.6) is 0 Å². The first-order chi connectivity index (χ1) is 5.46. The Labute approximate surface area is 74.6 Å². The fourth-order valence-electron chi connectivity index (χ4n) is 1.47. The van der Waals surface area contributed by atoms with Gasteiger partial charge in [0.15, 0.2) is 0 Å². The second kappa shape index (κ2) is 2.92. The molecule has 1 aromatic heterocycles. The molecule has 1 rings (SSSR count). The molecule has 0 spiro atoms. The average Bonchev–Trinajstić information content (AvgIpc) is 2.29. The Morgan fingerprint density at radius 2 is 2.00 bits per heavy atom. The molecule has 0 bridgehead atoms. The molecular formula is C10H18N2. The van der Waals surface area contributed by atoms with Gasteiger partial charge in [-0.2, -0.15) is 0 Å². The molecule has 0 aliphatic heterocycles. The maximum atomic E-state index is 4.36. The van der Waals surface area contributed by atoms with Crippen LogP contribution in [0.3, 0.4) is 0 Å². The summed E-state index contributed by atoms with van der Waals surface area (Å²) in [6.45, 7) is 8.77. The van der Waals surface area contributed by atoms with Gasteiger partial charge in [0.05, 0.1) is 0 Å². The number of nitrogens with zero attached hydrogens (tertiary/aromatic N) is 2. The zero-order chi connectivity index (χ0) is 9.35. The number of imidazole rings is 1. The van der Waals surface area contributed by atoms with Crippen LogP contribution in [0.4, 0.5) is 0 Å². The van der Waals surface area contributed by atoms with Gasteiger partial charge in [0.2, 0.25) is 0 Å². The second-order valence-electron chi connectivity index (χ2n) is 4.22. The van der Waals surface area contributed by atoms with Gasteiger partial charge in [-0.1, -0.05) is 27.7 Å². The van der Waals surface area contributed by atoms with Crippen molar-refractivity contribution in [1.82, 2.24) is 9.55 Å². The Hall–Kier alpha value is -0.790. The van der Waals surface area contributed by atoms with E-state index < -0.39 is 0 Å². The summed E-state index contributed by atoms with van der Waals surface area (Å²) in [6, 6.07) is 0. The Bertz CT molecular complexity index is 266. The van der Waals surface area contributed by atoms with Crippen LogP contribution in [0.2, 0.25) is 0 Å². The van der Waals surface area contributed by atoms with E-state index in [0.717, 1.165) is 6.42 Å². The number of rotatable bonds is 1. The van der Waals surface area contributed by atoms with E-state index in [4.69, 9.17) is 0 Å². The van der Waals surface area contributed by atoms with E-state index in [0.29, 0.717) is 0 Å². The summed E-state index contributed by atoms with van der Waals surface area (Å²) in [6.07, 6.45) is 2.99. The van der Waals surface area contributed by atoms with Gasteiger partial charge in [0.1, 0.15) is 5.82 Å². The van der Waals surface area contributed by atoms with Gasteiger partial charge in [-0.05, 0) is 0 Å². The Morgan fingerprint density at radius 1 is 1.42 bits per heavy atom. The number of aryl methyl sites for hydroxylation is 1. The third-order valence-corrected chi connectivity index (χ3v) is 2.17. The van der Waals surface area contributed by atoms with Gasteiger partial charge >= 0.3 is 0 Å². The zero-order valence-corrected chi connectivity index (χ0v) is 8.68. The van der Waals surface area contributed by atoms with Gasteiger partial charge in [0, 0.05) is 30.8 Å². The smallest absolute Gasteiger partial charge is 0.108 e. The monoisotopic (exact) mass is 166 g/mol. The molecule has 2 heteroatoms. The van der Waals surface area contributed by atoms with Crippen LogP contribution in [-0.4, -0.2) is 9.55 Å². The van der Waals surface area contributed by atoms with Crippen LogP contribution >= 0.6 is 0 Å². The van der Waals surface area contributed by atoms with E-state index in [2.05, 4.69) is 44.3 Å². The molecule has 0 aliphatic carbocycles. The van der Waals surface area contributed by atoms with Crippen LogP contribution in [0, 0.1) is 0 Å². The highest BCUT2D eigenvalue weighted by Gasteiger charge is 2.18. The Balaban J connectivity index is 3.11. The normalized spacial score (nSPS) is 12.1. The second-order valence-corrected chi connectivity index (χ2v) is 4.22. The van der Waals surface area contributed by atoms with Crippen molar-refractivity contribution in [2.75, 3.05) is 0 Å². The van der Waals surface area contributed by atoms with Crippen molar-refractivity contribution < 1.29 is 0 Å². The van der Waals surface area contributed by atoms with Gasteiger partial charge < -0.3 is 4.57 Å². The van der Waals surface area contributed by atoms with Gasteiger partial charge in [-0.3, -0.25) is 0 Å². The molecule has 0 aliphatic rings. The van der Waals surface area contributed by atoms with E-state index >= 15 is 0 Å². The fraction of sp³-hybridized carbons (Fsp3) is 0.700. The lowest BCUT2D eigenvalue weighted by Gasteiger charge is -2.19. The molecule has 0 atom stereocenters. The largest absolute Gasteiger partial charge is 0.335 e. The van der Waals surface area contributed by atoms with E-state index in [1.807, 2.05) is 6.20 Å². The molecular weight excluding hydrogens is 148 g/mol. The molecule has 0 saturated heterocycles. The molecule has 0 unspecified atom stereocenters. The van der Waals surface area contributed by atoms with Crippen LogP contribution in [0.25, 0.3) is 0 Å². The first-order valence-electron chi connectivity index (χ1n) is 4.48. The molecule has 0 amide bonds. The third kappa shape index (κ3) is 1.52. The summed E-state index contributed by atoms with van der Waals surface area (Å²) >= 11 is 0. The molecule has 0 aromatic carbocycles. The number of aromatic nitrogens is 2. The quantitative estimate of drug-likeness (QED) is 0.626. The predicted molar refractivity (Wildman–Crippen MR) is 51.3 cm³/mol. The predicted octanol–water partition coefficient (Wildman–Crippen LogP) is 2.28. The standard InChI is InChI=1S/C10H18N2/c1-6-9-11-7-8(12(9)5)10(2,3)4/h7H,6H2,1-5H3. The first-order valence-corrected chi connectivity index (χ1v) is 4.48. The molecule has 12 heavy (non-hydrogen) atoms. The lowest BCUT2D eigenvalue weighted by molar-refractivity contribution is 0.537. The van der Waals surface area contributed by atoms with Crippen molar-refractivity contribution in [1.29, 1.82) is 0 Å². The molecule has 0 fully saturated rings. The first kappa shape index (κ1) is 9.30. The molecule has 0 saturated carbocycles. The highest BCUT2D eigenvalue weighted by molar-refractivity contribution is 5.13. The highest BCUT2D eigenvalue weighted by atomic mass is 15.1. The fourth-order valence-corrected chi connectivity index (χ4v) is 1.47. The molecule has 0 radical (unpaired) electrons. The van der Waals surface area contributed by atoms with Crippen molar-refractivity contribution >= 4 is 0 Å². The summed E-state index contributed by atoms with van der Waals surface area (Å²) in [5, 5.41) is 0. The summed E-state index contributed by atoms with van der Waals surface area (Å²) in [7, 11) is 2.09. The van der Waals surface area contributed by atoms with E-state index in [1.54, 1.807) is 0 Å². The lowest BCUT2D eigenvalue weighted by atomic mass is 9.93. The molecule has 68 valence electrons. The topological polar surface area (TPSA) is 17.8 Å². The molecule has 0 N–H and O–H groups in total. The van der Waals surface area contributed by atoms with E-state index in [-0.39, 0.29) is 5.41 Å². The van der Waals surface area contributed by atoms with E-state index in [1.165, 1.54) is 11.5 Å². The van der Waals surface area contributed by atoms with Crippen molar-refractivity contribution in [2.45, 2.75) is 39.5 Å². The Morgan fingerprint density at radius 3 is 2.25 bits per heavy atom. The van der Waals surface area contributed by atoms with Crippen molar-refractivity contribution in [2.24, 2.45) is 7.05 Å². The van der Waals surface area contributed by atoms with Crippen LogP contribution in [-0.2, 0) is 18.9 Å². The minimum atomic E-state index is 0.204. The van der Waals surface area contributed by atoms with Crippen LogP contribution in [0.15, 0.2) is 6.20 Å². The average molecular weight is 166 g/mol. The SMILES string of the molecule is CCc1ncc(C(C)(C)C)n1C. The lowest BCUT2D eigenvalue weighted by Crippen LogP contribution is -2.16. The molecule has 1 aromatic rings. The minimum Gasteiger partial charge on any atom is -0.335 e. The third-order valence-electron chi connectivity index (χ3n) is 2.17. The maximum absolute atomic E-state index is 4.36. The van der Waals surface area contributed by atoms with Gasteiger partial charge in [0.25, 0.3) is 0 Å². The molecule has 2 nitrogen and oxygen atoms in total. The number of hydrogen-bond donors (Lipinski definition) is 0. The molecule has 1 heterocycles. The van der Waals surface area contributed by atoms with Gasteiger partial charge in [-0.25, -0.2) is 4.98 Å². The van der Waals surface area contributed by atoms with Crippen molar-refractivity contribution in [3.63, 3.8) is 0 Å². The Kier molecular flexibility index (Phi) is 2.27. The zero-order valence-electron chi connectivity index (χ0n) is 8.68. The minimum absolute atomic E-state index is 0.204. The van der Waals surface area contributed by atoms with Gasteiger partial charge in [-0.15, -0.1) is 0 Å². The summed E-state index contributed by atoms with van der Waals surface area (Å²) in [5.41, 5.74) is 1.51.